The highest BCUT2D eigenvalue weighted by Gasteiger charge is 2.30. The molecular formula is C43H45F2N9O7S. The van der Waals surface area contributed by atoms with E-state index >= 15 is 4.39 Å². The van der Waals surface area contributed by atoms with Crippen LogP contribution >= 0.6 is 0 Å². The van der Waals surface area contributed by atoms with Crippen LogP contribution in [0.5, 0.6) is 5.75 Å². The first kappa shape index (κ1) is 42.4. The third kappa shape index (κ3) is 8.99. The Morgan fingerprint density at radius 1 is 0.903 bits per heavy atom. The van der Waals surface area contributed by atoms with Gasteiger partial charge in [0.25, 0.3) is 5.91 Å². The number of hydrogen-bond donors (Lipinski definition) is 3. The molecule has 16 nitrogen and oxygen atoms in total. The number of fused-ring (bicyclic) bond motifs is 1. The molecule has 0 spiro atoms. The number of carbonyl (C=O) groups excluding carboxylic acids is 4. The Balaban J connectivity index is 0.833. The molecule has 3 fully saturated rings. The van der Waals surface area contributed by atoms with Crippen molar-refractivity contribution in [2.45, 2.75) is 56.8 Å². The van der Waals surface area contributed by atoms with Gasteiger partial charge in [-0.25, -0.2) is 32.2 Å². The number of piperidine rings is 2. The number of aromatic amines is 1. The third-order valence-corrected chi connectivity index (χ3v) is 13.4. The van der Waals surface area contributed by atoms with Crippen molar-refractivity contribution in [1.82, 2.24) is 35.1 Å². The monoisotopic (exact) mass is 869 g/mol. The van der Waals surface area contributed by atoms with Crippen LogP contribution < -0.4 is 19.7 Å². The first-order chi connectivity index (χ1) is 29.7. The summed E-state index contributed by atoms with van der Waals surface area (Å²) in [4.78, 5) is 72.8. The summed E-state index contributed by atoms with van der Waals surface area (Å²) < 4.78 is 63.2. The van der Waals surface area contributed by atoms with Crippen LogP contribution in [0.1, 0.15) is 66.9 Å². The number of H-pyrrole nitrogens is 1. The number of piperazine rings is 1. The molecule has 0 radical (unpaired) electrons. The first-order valence-corrected chi connectivity index (χ1v) is 22.0. The van der Waals surface area contributed by atoms with Gasteiger partial charge in [0.2, 0.25) is 33.6 Å². The number of pyridine rings is 1. The molecular weight excluding hydrogens is 825 g/mol. The second-order valence-electron chi connectivity index (χ2n) is 15.9. The second kappa shape index (κ2) is 17.6. The number of likely N-dealkylation sites (tertiary alicyclic amines) is 1. The molecule has 3 N–H and O–H groups in total. The Morgan fingerprint density at radius 2 is 1.60 bits per heavy atom. The predicted octanol–water partition coefficient (Wildman–Crippen LogP) is 4.39. The number of ketones is 1. The van der Waals surface area contributed by atoms with Gasteiger partial charge in [-0.3, -0.25) is 34.1 Å². The number of rotatable bonds is 12. The lowest BCUT2D eigenvalue weighted by molar-refractivity contribution is -0.139. The number of nitrogens with zero attached hydrogens (tertiary/aromatic N) is 6. The summed E-state index contributed by atoms with van der Waals surface area (Å²) in [6, 6.07) is 11.2. The van der Waals surface area contributed by atoms with E-state index < -0.39 is 56.0 Å². The Hall–Kier alpha value is -6.34. The van der Waals surface area contributed by atoms with Crippen LogP contribution in [0.25, 0.3) is 22.2 Å². The third-order valence-electron chi connectivity index (χ3n) is 11.6. The Morgan fingerprint density at radius 3 is 2.27 bits per heavy atom. The highest BCUT2D eigenvalue weighted by atomic mass is 32.2. The van der Waals surface area contributed by atoms with E-state index in [0.29, 0.717) is 78.9 Å². The van der Waals surface area contributed by atoms with Crippen molar-refractivity contribution in [2.24, 2.45) is 0 Å². The number of nitrogens with one attached hydrogen (secondary N) is 3. The standard InChI is InChI=1S/C43H45F2N9O7S/c1-25(2)62(59,60)51-34-8-7-33(44)38(39(34)45)40(57)32-23-47-41-31(32)19-28(20-46-41)29-21-48-43(49-22-29)54-17-15-53(16-18-54)37(56)24-52-13-11-27(12-14-52)26-3-5-30(6-4-26)61-35-9-10-36(55)50-42(35)58/h3-8,19-23,25,27,35,51H,9-18,24H2,1-2H3,(H,46,47)(H,50,55,58). The second-order valence-corrected chi connectivity index (χ2v) is 18.2. The topological polar surface area (TPSA) is 200 Å². The SMILES string of the molecule is CC(C)S(=O)(=O)Nc1ccc(F)c(C(=O)c2c[nH]c3ncc(-c4cnc(N5CCN(C(=O)CN6CCC(c7ccc(OC8CCC(=O)NC8=O)cc7)CC6)CC5)nc4)cc23)c1F. The number of amides is 3. The number of benzene rings is 2. The van der Waals surface area contributed by atoms with Crippen molar-refractivity contribution in [3.63, 3.8) is 0 Å². The van der Waals surface area contributed by atoms with Crippen molar-refractivity contribution in [2.75, 3.05) is 55.4 Å². The summed E-state index contributed by atoms with van der Waals surface area (Å²) in [5.41, 5.74) is 1.11. The van der Waals surface area contributed by atoms with Crippen LogP contribution in [0.3, 0.4) is 0 Å². The lowest BCUT2D eigenvalue weighted by Gasteiger charge is -2.37. The average Bonchev–Trinajstić information content (AvgIpc) is 3.70. The van der Waals surface area contributed by atoms with Gasteiger partial charge in [0.05, 0.1) is 23.0 Å². The smallest absolute Gasteiger partial charge is 0.267 e. The zero-order chi connectivity index (χ0) is 43.7. The molecule has 0 saturated carbocycles. The average molecular weight is 870 g/mol. The van der Waals surface area contributed by atoms with Gasteiger partial charge in [0.1, 0.15) is 17.2 Å². The number of imide groups is 1. The van der Waals surface area contributed by atoms with Crippen LogP contribution in [-0.2, 0) is 24.4 Å². The molecule has 324 valence electrons. The van der Waals surface area contributed by atoms with Gasteiger partial charge in [-0.2, -0.15) is 0 Å². The minimum atomic E-state index is -3.97. The van der Waals surface area contributed by atoms with Gasteiger partial charge in [0.15, 0.2) is 11.9 Å². The van der Waals surface area contributed by atoms with Gasteiger partial charge in [0, 0.05) is 85.9 Å². The zero-order valence-electron chi connectivity index (χ0n) is 34.1. The maximum absolute atomic E-state index is 15.5. The number of halogens is 2. The number of hydrogen-bond acceptors (Lipinski definition) is 12. The van der Waals surface area contributed by atoms with Crippen molar-refractivity contribution in [3.8, 4) is 16.9 Å². The maximum atomic E-state index is 15.5. The molecule has 62 heavy (non-hydrogen) atoms. The van der Waals surface area contributed by atoms with Gasteiger partial charge < -0.3 is 19.5 Å². The molecule has 3 amide bonds. The molecule has 5 aromatic rings. The zero-order valence-corrected chi connectivity index (χ0v) is 34.9. The van der Waals surface area contributed by atoms with Crippen LogP contribution in [-0.4, -0.2) is 119 Å². The highest BCUT2D eigenvalue weighted by molar-refractivity contribution is 7.93. The molecule has 6 heterocycles. The quantitative estimate of drug-likeness (QED) is 0.118. The van der Waals surface area contributed by atoms with Crippen LogP contribution in [0.2, 0.25) is 0 Å². The van der Waals surface area contributed by atoms with Crippen LogP contribution in [0, 0.1) is 11.6 Å². The van der Waals surface area contributed by atoms with E-state index in [1.54, 1.807) is 24.7 Å². The molecule has 3 aromatic heterocycles. The van der Waals surface area contributed by atoms with E-state index in [1.165, 1.54) is 25.6 Å². The molecule has 0 aliphatic carbocycles. The highest BCUT2D eigenvalue weighted by Crippen LogP contribution is 2.32. The molecule has 1 atom stereocenters. The van der Waals surface area contributed by atoms with E-state index in [1.807, 2.05) is 34.1 Å². The van der Waals surface area contributed by atoms with Gasteiger partial charge in [-0.05, 0) is 81.6 Å². The fourth-order valence-corrected chi connectivity index (χ4v) is 8.57. The minimum Gasteiger partial charge on any atom is -0.481 e. The number of carbonyl (C=O) groups is 4. The number of ether oxygens (including phenoxy) is 1. The Bertz CT molecular complexity index is 2630. The van der Waals surface area contributed by atoms with E-state index in [0.717, 1.165) is 38.1 Å². The van der Waals surface area contributed by atoms with Gasteiger partial charge >= 0.3 is 0 Å². The van der Waals surface area contributed by atoms with Crippen LogP contribution in [0.15, 0.2) is 67.3 Å². The largest absolute Gasteiger partial charge is 0.481 e. The van der Waals surface area contributed by atoms with Crippen molar-refractivity contribution < 1.29 is 41.1 Å². The fraction of sp³-hybridized carbons (Fsp3) is 0.372. The molecule has 3 aliphatic heterocycles. The molecule has 8 rings (SSSR count). The molecule has 1 unspecified atom stereocenters. The minimum absolute atomic E-state index is 0.0615. The lowest BCUT2D eigenvalue weighted by Crippen LogP contribution is -2.52. The Labute approximate surface area is 356 Å². The van der Waals surface area contributed by atoms with Gasteiger partial charge in [-0.1, -0.05) is 12.1 Å². The van der Waals surface area contributed by atoms with Crippen molar-refractivity contribution >= 4 is 56.2 Å². The summed E-state index contributed by atoms with van der Waals surface area (Å²) in [6.45, 7) is 6.88. The van der Waals surface area contributed by atoms with Gasteiger partial charge in [-0.15, -0.1) is 0 Å². The summed E-state index contributed by atoms with van der Waals surface area (Å²) in [7, 11) is -3.97. The van der Waals surface area contributed by atoms with E-state index in [-0.39, 0.29) is 23.8 Å². The summed E-state index contributed by atoms with van der Waals surface area (Å²) in [5.74, 6) is -2.65. The number of aromatic nitrogens is 4. The van der Waals surface area contributed by atoms with Crippen molar-refractivity contribution in [3.05, 3.63) is 95.6 Å². The number of sulfonamides is 1. The maximum Gasteiger partial charge on any atom is 0.267 e. The summed E-state index contributed by atoms with van der Waals surface area (Å²) >= 11 is 0. The predicted molar refractivity (Wildman–Crippen MR) is 225 cm³/mol. The summed E-state index contributed by atoms with van der Waals surface area (Å²) in [5, 5.41) is 1.70. The number of anilines is 2. The molecule has 3 saturated heterocycles. The summed E-state index contributed by atoms with van der Waals surface area (Å²) in [6.07, 6.45) is 7.86. The van der Waals surface area contributed by atoms with E-state index in [9.17, 15) is 32.0 Å². The lowest BCUT2D eigenvalue weighted by atomic mass is 9.89. The molecule has 2 aromatic carbocycles. The fourth-order valence-electron chi connectivity index (χ4n) is 7.87. The Kier molecular flexibility index (Phi) is 12.0. The van der Waals surface area contributed by atoms with Crippen molar-refractivity contribution in [1.29, 1.82) is 0 Å². The van der Waals surface area contributed by atoms with Crippen LogP contribution in [0.4, 0.5) is 20.4 Å². The molecule has 0 bridgehead atoms. The van der Waals surface area contributed by atoms with E-state index in [2.05, 4.69) is 34.9 Å². The van der Waals surface area contributed by atoms with E-state index in [4.69, 9.17) is 4.74 Å². The molecule has 19 heteroatoms. The molecule has 3 aliphatic rings. The normalized spacial score (nSPS) is 18.0. The first-order valence-electron chi connectivity index (χ1n) is 20.4.